The molecular formula is C14H13ClO3. The molecule has 1 aromatic carbocycles. The molecule has 1 aromatic rings. The first-order valence-electron chi connectivity index (χ1n) is 5.64. The molecule has 3 nitrogen and oxygen atoms in total. The highest BCUT2D eigenvalue weighted by molar-refractivity contribution is 6.31. The summed E-state index contributed by atoms with van der Waals surface area (Å²) in [7, 11) is 0. The van der Waals surface area contributed by atoms with E-state index in [2.05, 4.69) is 0 Å². The van der Waals surface area contributed by atoms with Gasteiger partial charge in [-0.25, -0.2) is 0 Å². The number of hydrogen-bond acceptors (Lipinski definition) is 3. The fourth-order valence-corrected chi connectivity index (χ4v) is 2.44. The Labute approximate surface area is 111 Å². The highest BCUT2D eigenvalue weighted by atomic mass is 35.5. The van der Waals surface area contributed by atoms with Gasteiger partial charge in [0.15, 0.2) is 5.60 Å². The summed E-state index contributed by atoms with van der Waals surface area (Å²) in [5.74, 6) is -0.565. The first kappa shape index (κ1) is 13.2. The van der Waals surface area contributed by atoms with Gasteiger partial charge in [0.25, 0.3) is 0 Å². The lowest BCUT2D eigenvalue weighted by atomic mass is 10.1. The first-order chi connectivity index (χ1) is 8.49. The monoisotopic (exact) mass is 264 g/mol. The van der Waals surface area contributed by atoms with Crippen molar-refractivity contribution < 1.29 is 14.3 Å². The molecule has 0 spiro atoms. The zero-order valence-electron chi connectivity index (χ0n) is 10.2. The number of carbonyl (C=O) groups excluding carboxylic acids is 2. The summed E-state index contributed by atoms with van der Waals surface area (Å²) < 4.78 is 5.60. The van der Waals surface area contributed by atoms with Gasteiger partial charge in [-0.3, -0.25) is 9.59 Å². The van der Waals surface area contributed by atoms with Crippen molar-refractivity contribution in [3.05, 3.63) is 34.9 Å². The maximum atomic E-state index is 11.1. The fraction of sp³-hybridized carbons (Fsp3) is 0.429. The van der Waals surface area contributed by atoms with E-state index in [-0.39, 0.29) is 6.61 Å². The van der Waals surface area contributed by atoms with Crippen molar-refractivity contribution in [1.29, 1.82) is 0 Å². The number of ether oxygens (including phenoxy) is 1. The summed E-state index contributed by atoms with van der Waals surface area (Å²) in [6.45, 7) is 3.76. The topological polar surface area (TPSA) is 43.4 Å². The van der Waals surface area contributed by atoms with Crippen LogP contribution in [-0.4, -0.2) is 18.2 Å². The average Bonchev–Trinajstić information content (AvgIpc) is 2.83. The molecule has 2 rings (SSSR count). The molecule has 4 heteroatoms. The molecule has 1 aliphatic rings. The quantitative estimate of drug-likeness (QED) is 0.821. The Balaban J connectivity index is 2.13. The van der Waals surface area contributed by atoms with E-state index >= 15 is 0 Å². The number of hydrogen-bond donors (Lipinski definition) is 0. The molecule has 94 valence electrons. The molecule has 0 aliphatic heterocycles. The normalized spacial score (nSPS) is 28.7. The lowest BCUT2D eigenvalue weighted by molar-refractivity contribution is 0.0382. The van der Waals surface area contributed by atoms with E-state index < -0.39 is 16.9 Å². The highest BCUT2D eigenvalue weighted by Crippen LogP contribution is 2.62. The molecule has 0 aromatic heterocycles. The Hall–Kier alpha value is -1.19. The van der Waals surface area contributed by atoms with E-state index in [1.54, 1.807) is 19.9 Å². The number of benzene rings is 1. The van der Waals surface area contributed by atoms with E-state index in [9.17, 15) is 9.59 Å². The smallest absolute Gasteiger partial charge is 0.234 e. The van der Waals surface area contributed by atoms with Crippen LogP contribution in [-0.2, 0) is 20.9 Å². The van der Waals surface area contributed by atoms with Gasteiger partial charge in [-0.1, -0.05) is 43.6 Å². The van der Waals surface area contributed by atoms with Gasteiger partial charge in [0.1, 0.15) is 0 Å². The summed E-state index contributed by atoms with van der Waals surface area (Å²) in [5.41, 5.74) is -0.966. The van der Waals surface area contributed by atoms with Gasteiger partial charge in [-0.2, -0.15) is 0 Å². The summed E-state index contributed by atoms with van der Waals surface area (Å²) >= 11 is 6.00. The summed E-state index contributed by atoms with van der Waals surface area (Å²) in [6, 6.07) is 7.22. The Morgan fingerprint density at radius 2 is 2.00 bits per heavy atom. The fourth-order valence-electron chi connectivity index (χ4n) is 2.25. The van der Waals surface area contributed by atoms with Crippen LogP contribution in [0.2, 0.25) is 5.02 Å². The standard InChI is InChI=1S/C14H13ClO3/c1-13(2)12(7-16)14(13,9-17)18-8-10-5-3-4-6-11(10)15/h3-6,12H,8H2,1-2H3. The third-order valence-corrected chi connectivity index (χ3v) is 4.05. The number of rotatable bonds is 5. The van der Waals surface area contributed by atoms with Crippen molar-refractivity contribution >= 4 is 24.2 Å². The van der Waals surface area contributed by atoms with E-state index in [1.165, 1.54) is 0 Å². The Morgan fingerprint density at radius 3 is 2.50 bits per heavy atom. The molecular weight excluding hydrogens is 252 g/mol. The third-order valence-electron chi connectivity index (χ3n) is 3.68. The van der Waals surface area contributed by atoms with Crippen LogP contribution in [0.1, 0.15) is 19.4 Å². The van der Waals surface area contributed by atoms with E-state index in [4.69, 9.17) is 16.3 Å². The van der Waals surface area contributed by atoms with Crippen LogP contribution in [0.5, 0.6) is 0 Å². The maximum Gasteiger partial charge on any atom is 0.234 e. The van der Waals surface area contributed by atoms with Gasteiger partial charge in [-0.15, -0.1) is 0 Å². The molecule has 0 amide bonds. The van der Waals surface area contributed by atoms with Crippen molar-refractivity contribution in [3.8, 4) is 0 Å². The molecule has 1 fully saturated rings. The van der Waals surface area contributed by atoms with Crippen LogP contribution in [0.25, 0.3) is 0 Å². The summed E-state index contributed by atoms with van der Waals surface area (Å²) in [4.78, 5) is 21.9. The molecule has 0 saturated heterocycles. The van der Waals surface area contributed by atoms with Crippen molar-refractivity contribution in [2.75, 3.05) is 0 Å². The molecule has 1 saturated carbocycles. The molecule has 0 N–H and O–H groups in total. The highest BCUT2D eigenvalue weighted by Gasteiger charge is 2.74. The van der Waals surface area contributed by atoms with Gasteiger partial charge in [0.05, 0.1) is 12.5 Å². The van der Waals surface area contributed by atoms with Crippen molar-refractivity contribution in [3.63, 3.8) is 0 Å². The predicted octanol–water partition coefficient (Wildman–Crippen LogP) is 2.47. The lowest BCUT2D eigenvalue weighted by Gasteiger charge is -2.14. The van der Waals surface area contributed by atoms with Gasteiger partial charge >= 0.3 is 0 Å². The molecule has 0 heterocycles. The SMILES string of the molecule is CC1(C)C([C]=O)C1([C]=O)OCc1ccccc1Cl. The van der Waals surface area contributed by atoms with Crippen molar-refractivity contribution in [1.82, 2.24) is 0 Å². The zero-order valence-corrected chi connectivity index (χ0v) is 11.0. The van der Waals surface area contributed by atoms with Crippen LogP contribution in [0, 0.1) is 11.3 Å². The third kappa shape index (κ3) is 1.78. The average molecular weight is 265 g/mol. The van der Waals surface area contributed by atoms with Crippen LogP contribution in [0.4, 0.5) is 0 Å². The minimum atomic E-state index is -1.19. The molecule has 2 atom stereocenters. The van der Waals surface area contributed by atoms with Crippen LogP contribution >= 0.6 is 11.6 Å². The largest absolute Gasteiger partial charge is 0.361 e. The van der Waals surface area contributed by atoms with Gasteiger partial charge < -0.3 is 4.74 Å². The minimum Gasteiger partial charge on any atom is -0.361 e. The molecule has 1 aliphatic carbocycles. The second kappa shape index (κ2) is 4.48. The molecule has 2 radical (unpaired) electrons. The van der Waals surface area contributed by atoms with E-state index in [0.717, 1.165) is 5.56 Å². The second-order valence-corrected chi connectivity index (χ2v) is 5.40. The first-order valence-corrected chi connectivity index (χ1v) is 6.01. The summed E-state index contributed by atoms with van der Waals surface area (Å²) in [5, 5.41) is 0.573. The number of halogens is 1. The van der Waals surface area contributed by atoms with E-state index in [1.807, 2.05) is 30.8 Å². The van der Waals surface area contributed by atoms with Crippen molar-refractivity contribution in [2.45, 2.75) is 26.1 Å². The Bertz CT molecular complexity index is 484. The van der Waals surface area contributed by atoms with Gasteiger partial charge in [0.2, 0.25) is 12.6 Å². The molecule has 2 unspecified atom stereocenters. The van der Waals surface area contributed by atoms with Crippen LogP contribution in [0.3, 0.4) is 0 Å². The van der Waals surface area contributed by atoms with Gasteiger partial charge in [0, 0.05) is 10.4 Å². The maximum absolute atomic E-state index is 11.1. The van der Waals surface area contributed by atoms with Crippen LogP contribution < -0.4 is 0 Å². The Morgan fingerprint density at radius 1 is 1.33 bits per heavy atom. The Kier molecular flexibility index (Phi) is 3.30. The van der Waals surface area contributed by atoms with Gasteiger partial charge in [-0.05, 0) is 11.6 Å². The summed E-state index contributed by atoms with van der Waals surface area (Å²) in [6.07, 6.45) is 3.71. The van der Waals surface area contributed by atoms with E-state index in [0.29, 0.717) is 5.02 Å². The zero-order chi connectivity index (χ0) is 13.4. The molecule has 18 heavy (non-hydrogen) atoms. The minimum absolute atomic E-state index is 0.177. The predicted molar refractivity (Wildman–Crippen MR) is 67.6 cm³/mol. The lowest BCUT2D eigenvalue weighted by Crippen LogP contribution is -2.24. The van der Waals surface area contributed by atoms with Crippen LogP contribution in [0.15, 0.2) is 24.3 Å². The second-order valence-electron chi connectivity index (χ2n) is 4.99. The molecule has 0 bridgehead atoms. The van der Waals surface area contributed by atoms with Crippen molar-refractivity contribution in [2.24, 2.45) is 11.3 Å².